The molecule has 34 heavy (non-hydrogen) atoms. The quantitative estimate of drug-likeness (QED) is 0.221. The molecule has 0 N–H and O–H groups in total. The largest absolute Gasteiger partial charge is 0.497 e. The predicted octanol–water partition coefficient (Wildman–Crippen LogP) is 5.43. The zero-order valence-electron chi connectivity index (χ0n) is 18.9. The average molecular weight is 453 g/mol. The number of aromatic nitrogens is 1. The Kier molecular flexibility index (Phi) is 5.64. The second kappa shape index (κ2) is 8.90. The van der Waals surface area contributed by atoms with Gasteiger partial charge < -0.3 is 18.8 Å². The molecule has 0 fully saturated rings. The van der Waals surface area contributed by atoms with Crippen molar-refractivity contribution in [1.29, 1.82) is 0 Å². The van der Waals surface area contributed by atoms with Gasteiger partial charge in [0.05, 0.1) is 19.1 Å². The molecule has 6 heteroatoms. The van der Waals surface area contributed by atoms with E-state index < -0.39 is 5.97 Å². The van der Waals surface area contributed by atoms with Gasteiger partial charge in [0.2, 0.25) is 5.78 Å². The topological polar surface area (TPSA) is 66.8 Å². The fourth-order valence-corrected chi connectivity index (χ4v) is 4.10. The van der Waals surface area contributed by atoms with E-state index in [1.54, 1.807) is 43.5 Å². The van der Waals surface area contributed by atoms with Crippen molar-refractivity contribution < 1.29 is 23.8 Å². The van der Waals surface area contributed by atoms with E-state index in [-0.39, 0.29) is 18.0 Å². The Bertz CT molecular complexity index is 1430. The highest BCUT2D eigenvalue weighted by Crippen LogP contribution is 2.36. The molecule has 0 atom stereocenters. The molecule has 1 aromatic heterocycles. The van der Waals surface area contributed by atoms with Crippen LogP contribution < -0.4 is 14.2 Å². The van der Waals surface area contributed by atoms with Gasteiger partial charge in [-0.25, -0.2) is 0 Å². The summed E-state index contributed by atoms with van der Waals surface area (Å²) in [5.41, 5.74) is 3.28. The maximum absolute atomic E-state index is 12.9. The Morgan fingerprint density at radius 3 is 2.56 bits per heavy atom. The Morgan fingerprint density at radius 1 is 1.03 bits per heavy atom. The molecule has 3 aromatic carbocycles. The molecular weight excluding hydrogens is 430 g/mol. The molecule has 0 radical (unpaired) electrons. The van der Waals surface area contributed by atoms with E-state index in [1.165, 1.54) is 0 Å². The number of nitrogens with zero attached hydrogens (tertiary/aromatic N) is 1. The Balaban J connectivity index is 1.34. The summed E-state index contributed by atoms with van der Waals surface area (Å²) in [5, 5.41) is 1.05. The Morgan fingerprint density at radius 2 is 1.79 bits per heavy atom. The van der Waals surface area contributed by atoms with Gasteiger partial charge in [0.25, 0.3) is 0 Å². The predicted molar refractivity (Wildman–Crippen MR) is 129 cm³/mol. The van der Waals surface area contributed by atoms with Gasteiger partial charge in [0, 0.05) is 35.3 Å². The maximum atomic E-state index is 12.9. The number of benzene rings is 3. The van der Waals surface area contributed by atoms with Gasteiger partial charge in [-0.1, -0.05) is 30.3 Å². The normalized spacial score (nSPS) is 13.7. The molecule has 0 aliphatic carbocycles. The van der Waals surface area contributed by atoms with Crippen LogP contribution >= 0.6 is 0 Å². The van der Waals surface area contributed by atoms with Crippen LogP contribution in [0.2, 0.25) is 0 Å². The summed E-state index contributed by atoms with van der Waals surface area (Å²) in [5.74, 6) is 1.08. The lowest BCUT2D eigenvalue weighted by Crippen LogP contribution is -2.11. The number of rotatable bonds is 6. The molecule has 0 saturated heterocycles. The average Bonchev–Trinajstić information content (AvgIpc) is 3.36. The minimum Gasteiger partial charge on any atom is -0.497 e. The van der Waals surface area contributed by atoms with Crippen LogP contribution in [0.1, 0.15) is 28.4 Å². The van der Waals surface area contributed by atoms with Crippen LogP contribution in [-0.4, -0.2) is 23.4 Å². The van der Waals surface area contributed by atoms with Crippen molar-refractivity contribution in [3.63, 3.8) is 0 Å². The molecule has 6 nitrogen and oxygen atoms in total. The molecule has 1 aliphatic heterocycles. The lowest BCUT2D eigenvalue weighted by molar-refractivity contribution is -0.133. The SMILES string of the molecule is CCn1cc(/C=C2\Oc3cc(OC(=O)Cc4ccc(OC)cc4)ccc3C2=O)c2ccccc21. The number of ketones is 1. The summed E-state index contributed by atoms with van der Waals surface area (Å²) >= 11 is 0. The van der Waals surface area contributed by atoms with Crippen molar-refractivity contribution in [2.75, 3.05) is 7.11 Å². The van der Waals surface area contributed by atoms with Crippen molar-refractivity contribution in [2.45, 2.75) is 19.9 Å². The molecule has 0 saturated carbocycles. The van der Waals surface area contributed by atoms with Crippen LogP contribution in [-0.2, 0) is 17.8 Å². The van der Waals surface area contributed by atoms with E-state index in [0.717, 1.165) is 34.3 Å². The number of allylic oxidation sites excluding steroid dienone is 1. The first-order valence-corrected chi connectivity index (χ1v) is 11.1. The first-order chi connectivity index (χ1) is 16.6. The summed E-state index contributed by atoms with van der Waals surface area (Å²) < 4.78 is 18.6. The first kappa shape index (κ1) is 21.5. The van der Waals surface area contributed by atoms with Crippen molar-refractivity contribution in [3.8, 4) is 17.2 Å². The number of Topliss-reactive ketones (excluding diaryl/α,β-unsaturated/α-hetero) is 1. The van der Waals surface area contributed by atoms with E-state index in [0.29, 0.717) is 17.1 Å². The van der Waals surface area contributed by atoms with E-state index in [1.807, 2.05) is 36.5 Å². The standard InChI is InChI=1S/C28H23NO5/c1-3-29-17-19(22-6-4-5-7-24(22)29)15-26-28(31)23-13-12-21(16-25(23)34-26)33-27(30)14-18-8-10-20(32-2)11-9-18/h4-13,15-17H,3,14H2,1-2H3/b26-15-. The van der Waals surface area contributed by atoms with Gasteiger partial charge in [0.15, 0.2) is 5.76 Å². The third kappa shape index (κ3) is 4.06. The van der Waals surface area contributed by atoms with Crippen LogP contribution in [0.3, 0.4) is 0 Å². The second-order valence-electron chi connectivity index (χ2n) is 7.98. The molecule has 170 valence electrons. The van der Waals surface area contributed by atoms with Crippen molar-refractivity contribution in [3.05, 3.63) is 95.4 Å². The van der Waals surface area contributed by atoms with Crippen LogP contribution in [0.25, 0.3) is 17.0 Å². The third-order valence-corrected chi connectivity index (χ3v) is 5.83. The highest BCUT2D eigenvalue weighted by Gasteiger charge is 2.28. The fraction of sp³-hybridized carbons (Fsp3) is 0.143. The van der Waals surface area contributed by atoms with Crippen molar-refractivity contribution >= 4 is 28.7 Å². The first-order valence-electron chi connectivity index (χ1n) is 11.1. The van der Waals surface area contributed by atoms with Gasteiger partial charge in [-0.15, -0.1) is 0 Å². The molecule has 4 aromatic rings. The molecule has 0 bridgehead atoms. The lowest BCUT2D eigenvalue weighted by atomic mass is 10.1. The van der Waals surface area contributed by atoms with Crippen LogP contribution in [0.4, 0.5) is 0 Å². The smallest absolute Gasteiger partial charge is 0.315 e. The van der Waals surface area contributed by atoms with Gasteiger partial charge in [-0.3, -0.25) is 9.59 Å². The number of fused-ring (bicyclic) bond motifs is 2. The number of carbonyl (C=O) groups is 2. The number of para-hydroxylation sites is 1. The third-order valence-electron chi connectivity index (χ3n) is 5.83. The van der Waals surface area contributed by atoms with E-state index in [4.69, 9.17) is 14.2 Å². The molecule has 0 amide bonds. The molecule has 1 aliphatic rings. The van der Waals surface area contributed by atoms with Crippen molar-refractivity contribution in [1.82, 2.24) is 4.57 Å². The second-order valence-corrected chi connectivity index (χ2v) is 7.98. The molecule has 0 unspecified atom stereocenters. The van der Waals surface area contributed by atoms with E-state index in [2.05, 4.69) is 17.6 Å². The van der Waals surface area contributed by atoms with Crippen LogP contribution in [0.15, 0.2) is 78.7 Å². The van der Waals surface area contributed by atoms with Crippen LogP contribution in [0, 0.1) is 0 Å². The van der Waals surface area contributed by atoms with Crippen LogP contribution in [0.5, 0.6) is 17.2 Å². The Hall–Kier alpha value is -4.32. The van der Waals surface area contributed by atoms with Crippen molar-refractivity contribution in [2.24, 2.45) is 0 Å². The summed E-state index contributed by atoms with van der Waals surface area (Å²) in [4.78, 5) is 25.3. The fourth-order valence-electron chi connectivity index (χ4n) is 4.10. The number of esters is 1. The summed E-state index contributed by atoms with van der Waals surface area (Å²) in [6.07, 6.45) is 3.91. The number of ether oxygens (including phenoxy) is 3. The van der Waals surface area contributed by atoms with E-state index in [9.17, 15) is 9.59 Å². The number of methoxy groups -OCH3 is 1. The minimum atomic E-state index is -0.405. The molecule has 0 spiro atoms. The Labute approximate surface area is 197 Å². The molecule has 5 rings (SSSR count). The van der Waals surface area contributed by atoms with Gasteiger partial charge in [0.1, 0.15) is 17.2 Å². The monoisotopic (exact) mass is 453 g/mol. The van der Waals surface area contributed by atoms with Gasteiger partial charge in [-0.2, -0.15) is 0 Å². The summed E-state index contributed by atoms with van der Waals surface area (Å²) in [6, 6.07) is 20.1. The lowest BCUT2D eigenvalue weighted by Gasteiger charge is -2.06. The zero-order valence-corrected chi connectivity index (χ0v) is 18.9. The van der Waals surface area contributed by atoms with E-state index >= 15 is 0 Å². The highest BCUT2D eigenvalue weighted by molar-refractivity contribution is 6.15. The van der Waals surface area contributed by atoms with Gasteiger partial charge in [-0.05, 0) is 48.9 Å². The summed E-state index contributed by atoms with van der Waals surface area (Å²) in [7, 11) is 1.59. The number of aryl methyl sites for hydroxylation is 1. The minimum absolute atomic E-state index is 0.119. The van der Waals surface area contributed by atoms with Gasteiger partial charge >= 0.3 is 5.97 Å². The molecule has 2 heterocycles. The number of carbonyl (C=O) groups excluding carboxylic acids is 2. The summed E-state index contributed by atoms with van der Waals surface area (Å²) in [6.45, 7) is 2.90. The number of hydrogen-bond acceptors (Lipinski definition) is 5. The zero-order chi connectivity index (χ0) is 23.7. The molecular formula is C28H23NO5. The number of hydrogen-bond donors (Lipinski definition) is 0. The maximum Gasteiger partial charge on any atom is 0.315 e. The highest BCUT2D eigenvalue weighted by atomic mass is 16.5.